The molecule has 0 bridgehead atoms. The summed E-state index contributed by atoms with van der Waals surface area (Å²) in [6.45, 7) is 5.17. The number of morpholine rings is 1. The average Bonchev–Trinajstić information content (AvgIpc) is 2.61. The molecule has 0 N–H and O–H groups in total. The number of benzene rings is 2. The van der Waals surface area contributed by atoms with E-state index in [0.717, 1.165) is 32.8 Å². The standard InChI is InChI=1S/C19H23NO2.ClH/c1-3-7-17(8-4-1)16-22-19(18-9-5-2-6-10-18)15-20-11-13-21-14-12-20;/h1-10,19H,11-16H2;1H. The Hall–Kier alpha value is -1.39. The van der Waals surface area contributed by atoms with Crippen molar-refractivity contribution in [3.63, 3.8) is 0 Å². The zero-order valence-corrected chi connectivity index (χ0v) is 14.1. The second-order valence-electron chi connectivity index (χ2n) is 5.61. The van der Waals surface area contributed by atoms with Crippen molar-refractivity contribution in [2.75, 3.05) is 32.8 Å². The summed E-state index contributed by atoms with van der Waals surface area (Å²) < 4.78 is 11.7. The first-order chi connectivity index (χ1) is 10.9. The van der Waals surface area contributed by atoms with Crippen molar-refractivity contribution in [3.05, 3.63) is 71.8 Å². The van der Waals surface area contributed by atoms with Crippen LogP contribution in [0.15, 0.2) is 60.7 Å². The topological polar surface area (TPSA) is 21.7 Å². The van der Waals surface area contributed by atoms with Crippen LogP contribution in [0.4, 0.5) is 0 Å². The second-order valence-corrected chi connectivity index (χ2v) is 5.61. The molecule has 3 rings (SSSR count). The number of nitrogens with zero attached hydrogens (tertiary/aromatic N) is 1. The number of ether oxygens (including phenoxy) is 2. The SMILES string of the molecule is Cl.c1ccc(COC(CN2CCOCC2)c2ccccc2)cc1. The molecule has 1 fully saturated rings. The lowest BCUT2D eigenvalue weighted by Gasteiger charge is -2.30. The molecule has 0 amide bonds. The molecule has 1 saturated heterocycles. The van der Waals surface area contributed by atoms with E-state index in [-0.39, 0.29) is 18.5 Å². The van der Waals surface area contributed by atoms with E-state index < -0.39 is 0 Å². The molecule has 2 aromatic rings. The fourth-order valence-corrected chi connectivity index (χ4v) is 2.71. The smallest absolute Gasteiger partial charge is 0.0956 e. The molecule has 1 atom stereocenters. The van der Waals surface area contributed by atoms with Gasteiger partial charge < -0.3 is 9.47 Å². The van der Waals surface area contributed by atoms with Crippen LogP contribution in [0, 0.1) is 0 Å². The Kier molecular flexibility index (Phi) is 7.56. The number of halogens is 1. The molecule has 0 aromatic heterocycles. The maximum Gasteiger partial charge on any atom is 0.0956 e. The highest BCUT2D eigenvalue weighted by molar-refractivity contribution is 5.85. The van der Waals surface area contributed by atoms with E-state index in [2.05, 4.69) is 53.4 Å². The van der Waals surface area contributed by atoms with Crippen molar-refractivity contribution in [2.24, 2.45) is 0 Å². The van der Waals surface area contributed by atoms with Crippen LogP contribution in [0.3, 0.4) is 0 Å². The van der Waals surface area contributed by atoms with E-state index in [9.17, 15) is 0 Å². The first kappa shape index (κ1) is 18.0. The van der Waals surface area contributed by atoms with Gasteiger partial charge in [-0.1, -0.05) is 60.7 Å². The summed E-state index contributed by atoms with van der Waals surface area (Å²) in [5.41, 5.74) is 2.45. The van der Waals surface area contributed by atoms with Gasteiger partial charge in [0.15, 0.2) is 0 Å². The summed E-state index contributed by atoms with van der Waals surface area (Å²) in [7, 11) is 0. The van der Waals surface area contributed by atoms with E-state index in [1.165, 1.54) is 11.1 Å². The molecule has 4 heteroatoms. The van der Waals surface area contributed by atoms with Crippen molar-refractivity contribution >= 4 is 12.4 Å². The molecular formula is C19H24ClNO2. The largest absolute Gasteiger partial charge is 0.379 e. The molecule has 1 aliphatic rings. The van der Waals surface area contributed by atoms with Gasteiger partial charge >= 0.3 is 0 Å². The molecule has 1 unspecified atom stereocenters. The molecule has 2 aromatic carbocycles. The summed E-state index contributed by atoms with van der Waals surface area (Å²) >= 11 is 0. The Morgan fingerprint density at radius 2 is 1.52 bits per heavy atom. The van der Waals surface area contributed by atoms with Gasteiger partial charge in [-0.2, -0.15) is 0 Å². The minimum absolute atomic E-state index is 0. The zero-order valence-electron chi connectivity index (χ0n) is 13.3. The van der Waals surface area contributed by atoms with Gasteiger partial charge in [0.1, 0.15) is 0 Å². The third-order valence-electron chi connectivity index (χ3n) is 3.99. The van der Waals surface area contributed by atoms with Crippen LogP contribution >= 0.6 is 12.4 Å². The lowest BCUT2D eigenvalue weighted by atomic mass is 10.1. The van der Waals surface area contributed by atoms with E-state index >= 15 is 0 Å². The van der Waals surface area contributed by atoms with E-state index in [1.54, 1.807) is 0 Å². The van der Waals surface area contributed by atoms with Crippen LogP contribution in [-0.2, 0) is 16.1 Å². The predicted octanol–water partition coefficient (Wildman–Crippen LogP) is 3.70. The lowest BCUT2D eigenvalue weighted by molar-refractivity contribution is -0.0192. The summed E-state index contributed by atoms with van der Waals surface area (Å²) in [6.07, 6.45) is 0.0968. The van der Waals surface area contributed by atoms with Crippen molar-refractivity contribution in [1.82, 2.24) is 4.90 Å². The summed E-state index contributed by atoms with van der Waals surface area (Å²) in [5.74, 6) is 0. The highest BCUT2D eigenvalue weighted by atomic mass is 35.5. The molecule has 3 nitrogen and oxygen atoms in total. The first-order valence-corrected chi connectivity index (χ1v) is 7.92. The minimum atomic E-state index is 0. The fourth-order valence-electron chi connectivity index (χ4n) is 2.71. The molecule has 1 aliphatic heterocycles. The number of hydrogen-bond acceptors (Lipinski definition) is 3. The Morgan fingerprint density at radius 1 is 0.913 bits per heavy atom. The van der Waals surface area contributed by atoms with Crippen molar-refractivity contribution in [3.8, 4) is 0 Å². The Balaban J connectivity index is 0.00000192. The van der Waals surface area contributed by atoms with Gasteiger partial charge in [-0.15, -0.1) is 12.4 Å². The van der Waals surface area contributed by atoms with Crippen LogP contribution < -0.4 is 0 Å². The monoisotopic (exact) mass is 333 g/mol. The molecule has 0 spiro atoms. The van der Waals surface area contributed by atoms with Crippen LogP contribution in [-0.4, -0.2) is 37.7 Å². The van der Waals surface area contributed by atoms with Gasteiger partial charge in [0.25, 0.3) is 0 Å². The van der Waals surface area contributed by atoms with Gasteiger partial charge in [0.05, 0.1) is 25.9 Å². The molecule has 124 valence electrons. The molecule has 0 aliphatic carbocycles. The van der Waals surface area contributed by atoms with E-state index in [0.29, 0.717) is 6.61 Å². The van der Waals surface area contributed by atoms with Crippen LogP contribution in [0.5, 0.6) is 0 Å². The Morgan fingerprint density at radius 3 is 2.17 bits per heavy atom. The van der Waals surface area contributed by atoms with Gasteiger partial charge in [-0.05, 0) is 11.1 Å². The maximum absolute atomic E-state index is 6.23. The molecule has 0 saturated carbocycles. The minimum Gasteiger partial charge on any atom is -0.379 e. The van der Waals surface area contributed by atoms with Crippen LogP contribution in [0.25, 0.3) is 0 Å². The van der Waals surface area contributed by atoms with Crippen molar-refractivity contribution < 1.29 is 9.47 Å². The van der Waals surface area contributed by atoms with Crippen LogP contribution in [0.2, 0.25) is 0 Å². The molecule has 1 heterocycles. The molecular weight excluding hydrogens is 310 g/mol. The quantitative estimate of drug-likeness (QED) is 0.804. The predicted molar refractivity (Wildman–Crippen MR) is 94.9 cm³/mol. The molecule has 0 radical (unpaired) electrons. The van der Waals surface area contributed by atoms with Gasteiger partial charge in [-0.25, -0.2) is 0 Å². The van der Waals surface area contributed by atoms with Crippen molar-refractivity contribution in [2.45, 2.75) is 12.7 Å². The lowest BCUT2D eigenvalue weighted by Crippen LogP contribution is -2.39. The first-order valence-electron chi connectivity index (χ1n) is 7.92. The Bertz CT molecular complexity index is 544. The summed E-state index contributed by atoms with van der Waals surface area (Å²) in [4.78, 5) is 2.42. The van der Waals surface area contributed by atoms with Crippen LogP contribution in [0.1, 0.15) is 17.2 Å². The molecule has 23 heavy (non-hydrogen) atoms. The van der Waals surface area contributed by atoms with Gasteiger partial charge in [0.2, 0.25) is 0 Å². The number of hydrogen-bond donors (Lipinski definition) is 0. The normalized spacial score (nSPS) is 16.5. The number of rotatable bonds is 6. The highest BCUT2D eigenvalue weighted by Crippen LogP contribution is 2.21. The second kappa shape index (κ2) is 9.68. The zero-order chi connectivity index (χ0) is 15.0. The van der Waals surface area contributed by atoms with Crippen molar-refractivity contribution in [1.29, 1.82) is 0 Å². The van der Waals surface area contributed by atoms with E-state index in [1.807, 2.05) is 12.1 Å². The average molecular weight is 334 g/mol. The third-order valence-corrected chi connectivity index (χ3v) is 3.99. The third kappa shape index (κ3) is 5.63. The van der Waals surface area contributed by atoms with Gasteiger partial charge in [0, 0.05) is 19.6 Å². The fraction of sp³-hybridized carbons (Fsp3) is 0.368. The maximum atomic E-state index is 6.23. The van der Waals surface area contributed by atoms with E-state index in [4.69, 9.17) is 9.47 Å². The summed E-state index contributed by atoms with van der Waals surface area (Å²) in [6, 6.07) is 20.9. The van der Waals surface area contributed by atoms with Gasteiger partial charge in [-0.3, -0.25) is 4.90 Å². The Labute approximate surface area is 144 Å². The summed E-state index contributed by atoms with van der Waals surface area (Å²) in [5, 5.41) is 0. The highest BCUT2D eigenvalue weighted by Gasteiger charge is 2.18.